The summed E-state index contributed by atoms with van der Waals surface area (Å²) in [5, 5.41) is 17.9. The molecule has 0 spiro atoms. The first-order valence-corrected chi connectivity index (χ1v) is 7.29. The number of hydrogen-bond donors (Lipinski definition) is 1. The van der Waals surface area contributed by atoms with Crippen LogP contribution in [-0.4, -0.2) is 33.8 Å². The zero-order valence-electron chi connectivity index (χ0n) is 12.3. The van der Waals surface area contributed by atoms with Gasteiger partial charge in [0.15, 0.2) is 0 Å². The third kappa shape index (κ3) is 3.37. The number of aromatic nitrogens is 2. The van der Waals surface area contributed by atoms with Crippen LogP contribution in [0.15, 0.2) is 36.5 Å². The molecular weight excluding hydrogens is 300 g/mol. The summed E-state index contributed by atoms with van der Waals surface area (Å²) >= 11 is 0. The average Bonchev–Trinajstić information content (AvgIpc) is 3.20. The van der Waals surface area contributed by atoms with Crippen LogP contribution in [-0.2, 0) is 11.3 Å². The minimum Gasteiger partial charge on any atom is -0.381 e. The summed E-state index contributed by atoms with van der Waals surface area (Å²) in [7, 11) is 0. The molecule has 120 valence electrons. The van der Waals surface area contributed by atoms with Gasteiger partial charge >= 0.3 is 0 Å². The lowest BCUT2D eigenvalue weighted by Crippen LogP contribution is -2.19. The van der Waals surface area contributed by atoms with Crippen molar-refractivity contribution >= 4 is 17.4 Å². The second-order valence-electron chi connectivity index (χ2n) is 5.36. The number of para-hydroxylation sites is 1. The van der Waals surface area contributed by atoms with E-state index in [0.29, 0.717) is 24.9 Å². The minimum absolute atomic E-state index is 0.0226. The van der Waals surface area contributed by atoms with Crippen LogP contribution >= 0.6 is 0 Å². The molecule has 1 aromatic carbocycles. The molecule has 1 saturated heterocycles. The van der Waals surface area contributed by atoms with Gasteiger partial charge in [-0.25, -0.2) is 4.68 Å². The number of nitro groups is 1. The van der Waals surface area contributed by atoms with E-state index >= 15 is 0 Å². The van der Waals surface area contributed by atoms with Crippen LogP contribution < -0.4 is 5.32 Å². The molecule has 0 radical (unpaired) electrons. The number of rotatable bonds is 5. The highest BCUT2D eigenvalue weighted by atomic mass is 16.6. The fraction of sp³-hybridized carbons (Fsp3) is 0.333. The van der Waals surface area contributed by atoms with Crippen molar-refractivity contribution in [2.24, 2.45) is 5.92 Å². The van der Waals surface area contributed by atoms with Crippen molar-refractivity contribution in [1.82, 2.24) is 9.78 Å². The van der Waals surface area contributed by atoms with Crippen molar-refractivity contribution in [3.05, 3.63) is 52.2 Å². The summed E-state index contributed by atoms with van der Waals surface area (Å²) in [6.07, 6.45) is 2.54. The van der Waals surface area contributed by atoms with Gasteiger partial charge in [0.25, 0.3) is 11.6 Å². The van der Waals surface area contributed by atoms with E-state index in [1.54, 1.807) is 23.0 Å². The van der Waals surface area contributed by atoms with Crippen LogP contribution in [0.1, 0.15) is 16.8 Å². The molecule has 8 heteroatoms. The minimum atomic E-state index is -0.567. The SMILES string of the molecule is O=C(Nc1ccnn1CC1CCOC1)c1ccccc1[N+](=O)[O-]. The summed E-state index contributed by atoms with van der Waals surface area (Å²) in [4.78, 5) is 22.8. The van der Waals surface area contributed by atoms with E-state index in [4.69, 9.17) is 4.74 Å². The Labute approximate surface area is 132 Å². The predicted molar refractivity (Wildman–Crippen MR) is 82.2 cm³/mol. The number of nitrogens with one attached hydrogen (secondary N) is 1. The molecule has 0 aliphatic carbocycles. The van der Waals surface area contributed by atoms with Gasteiger partial charge in [0, 0.05) is 31.2 Å². The molecule has 1 atom stereocenters. The molecule has 2 aromatic rings. The molecule has 1 aliphatic heterocycles. The van der Waals surface area contributed by atoms with Crippen molar-refractivity contribution in [3.63, 3.8) is 0 Å². The van der Waals surface area contributed by atoms with Gasteiger partial charge in [-0.05, 0) is 12.5 Å². The van der Waals surface area contributed by atoms with E-state index in [1.807, 2.05) is 0 Å². The van der Waals surface area contributed by atoms with E-state index in [9.17, 15) is 14.9 Å². The molecule has 23 heavy (non-hydrogen) atoms. The normalized spacial score (nSPS) is 17.1. The van der Waals surface area contributed by atoms with E-state index < -0.39 is 10.8 Å². The number of carbonyl (C=O) groups excluding carboxylic acids is 1. The number of benzene rings is 1. The second kappa shape index (κ2) is 6.57. The van der Waals surface area contributed by atoms with Gasteiger partial charge < -0.3 is 10.1 Å². The van der Waals surface area contributed by atoms with E-state index in [0.717, 1.165) is 13.0 Å². The van der Waals surface area contributed by atoms with Crippen molar-refractivity contribution in [1.29, 1.82) is 0 Å². The van der Waals surface area contributed by atoms with E-state index in [1.165, 1.54) is 18.2 Å². The second-order valence-corrected chi connectivity index (χ2v) is 5.36. The summed E-state index contributed by atoms with van der Waals surface area (Å²) in [6, 6.07) is 7.53. The maximum absolute atomic E-state index is 12.3. The van der Waals surface area contributed by atoms with Crippen molar-refractivity contribution in [2.45, 2.75) is 13.0 Å². The number of nitrogens with zero attached hydrogens (tertiary/aromatic N) is 3. The van der Waals surface area contributed by atoms with Crippen LogP contribution in [0.2, 0.25) is 0 Å². The number of anilines is 1. The van der Waals surface area contributed by atoms with Gasteiger partial charge in [-0.2, -0.15) is 5.10 Å². The Balaban J connectivity index is 1.76. The van der Waals surface area contributed by atoms with Crippen molar-refractivity contribution in [2.75, 3.05) is 18.5 Å². The molecule has 1 unspecified atom stereocenters. The highest BCUT2D eigenvalue weighted by molar-refractivity contribution is 6.06. The van der Waals surface area contributed by atoms with E-state index in [2.05, 4.69) is 10.4 Å². The fourth-order valence-corrected chi connectivity index (χ4v) is 2.56. The van der Waals surface area contributed by atoms with Gasteiger partial charge in [0.1, 0.15) is 11.4 Å². The molecular formula is C15H16N4O4. The van der Waals surface area contributed by atoms with E-state index in [-0.39, 0.29) is 11.3 Å². The van der Waals surface area contributed by atoms with Crippen LogP contribution in [0.5, 0.6) is 0 Å². The molecule has 8 nitrogen and oxygen atoms in total. The van der Waals surface area contributed by atoms with Crippen LogP contribution in [0.25, 0.3) is 0 Å². The summed E-state index contributed by atoms with van der Waals surface area (Å²) in [6.45, 7) is 2.06. The lowest BCUT2D eigenvalue weighted by molar-refractivity contribution is -0.385. The first-order valence-electron chi connectivity index (χ1n) is 7.29. The molecule has 1 aliphatic rings. The molecule has 3 rings (SSSR count). The number of carbonyl (C=O) groups is 1. The highest BCUT2D eigenvalue weighted by Crippen LogP contribution is 2.21. The Kier molecular flexibility index (Phi) is 4.33. The van der Waals surface area contributed by atoms with Crippen molar-refractivity contribution < 1.29 is 14.5 Å². The summed E-state index contributed by atoms with van der Waals surface area (Å²) < 4.78 is 7.02. The van der Waals surface area contributed by atoms with Crippen LogP contribution in [0, 0.1) is 16.0 Å². The Morgan fingerprint density at radius 2 is 2.26 bits per heavy atom. The lowest BCUT2D eigenvalue weighted by atomic mass is 10.1. The topological polar surface area (TPSA) is 99.3 Å². The van der Waals surface area contributed by atoms with Crippen LogP contribution in [0.3, 0.4) is 0 Å². The number of hydrogen-bond acceptors (Lipinski definition) is 5. The fourth-order valence-electron chi connectivity index (χ4n) is 2.56. The average molecular weight is 316 g/mol. The largest absolute Gasteiger partial charge is 0.381 e. The van der Waals surface area contributed by atoms with Gasteiger partial charge in [0.05, 0.1) is 17.7 Å². The molecule has 2 heterocycles. The molecule has 0 bridgehead atoms. The smallest absolute Gasteiger partial charge is 0.282 e. The first kappa shape index (κ1) is 15.2. The highest BCUT2D eigenvalue weighted by Gasteiger charge is 2.22. The summed E-state index contributed by atoms with van der Waals surface area (Å²) in [5.74, 6) is 0.346. The molecule has 1 fully saturated rings. The van der Waals surface area contributed by atoms with Gasteiger partial charge in [0.2, 0.25) is 0 Å². The predicted octanol–water partition coefficient (Wildman–Crippen LogP) is 2.08. The summed E-state index contributed by atoms with van der Waals surface area (Å²) in [5.41, 5.74) is -0.199. The molecule has 1 N–H and O–H groups in total. The van der Waals surface area contributed by atoms with Gasteiger partial charge in [-0.15, -0.1) is 0 Å². The monoisotopic (exact) mass is 316 g/mol. The molecule has 1 aromatic heterocycles. The standard InChI is InChI=1S/C15H16N4O4/c20-15(12-3-1-2-4-13(12)19(21)22)17-14-5-7-16-18(14)9-11-6-8-23-10-11/h1-5,7,11H,6,8-10H2,(H,17,20). The third-order valence-corrected chi connectivity index (χ3v) is 3.76. The molecule has 1 amide bonds. The van der Waals surface area contributed by atoms with Crippen molar-refractivity contribution in [3.8, 4) is 0 Å². The van der Waals surface area contributed by atoms with Gasteiger partial charge in [-0.1, -0.05) is 12.1 Å². The third-order valence-electron chi connectivity index (χ3n) is 3.76. The number of nitro benzene ring substituents is 1. The zero-order chi connectivity index (χ0) is 16.2. The number of amides is 1. The Morgan fingerprint density at radius 3 is 3.00 bits per heavy atom. The molecule has 0 saturated carbocycles. The Hall–Kier alpha value is -2.74. The maximum atomic E-state index is 12.3. The lowest BCUT2D eigenvalue weighted by Gasteiger charge is -2.12. The zero-order valence-corrected chi connectivity index (χ0v) is 12.3. The van der Waals surface area contributed by atoms with Gasteiger partial charge in [-0.3, -0.25) is 14.9 Å². The Bertz CT molecular complexity index is 722. The van der Waals surface area contributed by atoms with Crippen LogP contribution in [0.4, 0.5) is 11.5 Å². The first-order chi connectivity index (χ1) is 11.1. The quantitative estimate of drug-likeness (QED) is 0.672. The Morgan fingerprint density at radius 1 is 1.43 bits per heavy atom. The number of ether oxygens (including phenoxy) is 1. The maximum Gasteiger partial charge on any atom is 0.282 e.